The second-order valence-corrected chi connectivity index (χ2v) is 6.88. The maximum absolute atomic E-state index is 14.7. The highest BCUT2D eigenvalue weighted by atomic mass is 19.1. The van der Waals surface area contributed by atoms with Gasteiger partial charge in [0.2, 0.25) is 5.91 Å². The van der Waals surface area contributed by atoms with Gasteiger partial charge < -0.3 is 10.2 Å². The van der Waals surface area contributed by atoms with Crippen LogP contribution in [0.3, 0.4) is 0 Å². The number of carbonyl (C=O) groups is 1. The number of rotatable bonds is 3. The summed E-state index contributed by atoms with van der Waals surface area (Å²) in [4.78, 5) is 30.2. The molecule has 2 aliphatic rings. The van der Waals surface area contributed by atoms with E-state index < -0.39 is 0 Å². The molecule has 4 rings (SSSR count). The Morgan fingerprint density at radius 3 is 2.56 bits per heavy atom. The van der Waals surface area contributed by atoms with E-state index in [2.05, 4.69) is 22.3 Å². The Kier molecular flexibility index (Phi) is 5.67. The number of halogens is 1. The Morgan fingerprint density at radius 1 is 1.22 bits per heavy atom. The molecule has 0 aliphatic carbocycles. The molecule has 140 valence electrons. The summed E-state index contributed by atoms with van der Waals surface area (Å²) in [6.45, 7) is 4.11. The van der Waals surface area contributed by atoms with Crippen molar-refractivity contribution in [1.82, 2.24) is 5.32 Å². The van der Waals surface area contributed by atoms with Crippen molar-refractivity contribution in [3.63, 3.8) is 0 Å². The molecule has 6 heteroatoms. The third kappa shape index (κ3) is 3.91. The van der Waals surface area contributed by atoms with Crippen molar-refractivity contribution in [2.45, 2.75) is 25.8 Å². The molecule has 0 radical (unpaired) electrons. The summed E-state index contributed by atoms with van der Waals surface area (Å²) in [6.07, 6.45) is 1.18. The van der Waals surface area contributed by atoms with Crippen LogP contribution in [0.2, 0.25) is 0 Å². The number of anilines is 1. The van der Waals surface area contributed by atoms with Gasteiger partial charge in [0.15, 0.2) is 0 Å². The summed E-state index contributed by atoms with van der Waals surface area (Å²) in [5.41, 5.74) is 4.09. The van der Waals surface area contributed by atoms with E-state index in [0.29, 0.717) is 12.1 Å². The van der Waals surface area contributed by atoms with Gasteiger partial charge in [-0.15, -0.1) is 0 Å². The molecule has 0 spiro atoms. The van der Waals surface area contributed by atoms with Gasteiger partial charge in [-0.1, -0.05) is 43.3 Å². The fourth-order valence-corrected chi connectivity index (χ4v) is 3.86. The molecule has 2 atom stereocenters. The molecular weight excluding hydrogens is 347 g/mol. The molecule has 1 N–H and O–H groups in total. The van der Waals surface area contributed by atoms with Gasteiger partial charge in [0, 0.05) is 37.2 Å². The molecule has 0 aromatic heterocycles. The highest BCUT2D eigenvalue weighted by Crippen LogP contribution is 2.37. The number of nitrogens with zero attached hydrogens (tertiary/aromatic N) is 1. The van der Waals surface area contributed by atoms with Gasteiger partial charge in [0.05, 0.1) is 0 Å². The van der Waals surface area contributed by atoms with Crippen LogP contribution >= 0.6 is 0 Å². The van der Waals surface area contributed by atoms with Crippen molar-refractivity contribution in [3.05, 3.63) is 65.0 Å². The zero-order valence-corrected chi connectivity index (χ0v) is 15.1. The van der Waals surface area contributed by atoms with Crippen LogP contribution in [0, 0.1) is 11.7 Å². The van der Waals surface area contributed by atoms with Crippen LogP contribution in [-0.4, -0.2) is 25.1 Å². The van der Waals surface area contributed by atoms with Crippen molar-refractivity contribution in [3.8, 4) is 0 Å². The predicted octanol–water partition coefficient (Wildman–Crippen LogP) is 2.65. The molecule has 2 aliphatic heterocycles. The van der Waals surface area contributed by atoms with Gasteiger partial charge >= 0.3 is 6.15 Å². The first kappa shape index (κ1) is 18.8. The molecule has 2 heterocycles. The number of fused-ring (bicyclic) bond motifs is 1. The summed E-state index contributed by atoms with van der Waals surface area (Å²) in [5.74, 6) is -0.405. The van der Waals surface area contributed by atoms with Crippen LogP contribution in [0.4, 0.5) is 10.1 Å². The molecule has 1 fully saturated rings. The first-order valence-corrected chi connectivity index (χ1v) is 8.93. The first-order valence-electron chi connectivity index (χ1n) is 8.93. The highest BCUT2D eigenvalue weighted by Gasteiger charge is 2.34. The van der Waals surface area contributed by atoms with E-state index in [1.807, 2.05) is 31.2 Å². The van der Waals surface area contributed by atoms with E-state index in [4.69, 9.17) is 9.59 Å². The van der Waals surface area contributed by atoms with Crippen molar-refractivity contribution in [2.24, 2.45) is 5.92 Å². The van der Waals surface area contributed by atoms with Gasteiger partial charge in [0.1, 0.15) is 5.82 Å². The Morgan fingerprint density at radius 2 is 1.93 bits per heavy atom. The Balaban J connectivity index is 0.000000659. The van der Waals surface area contributed by atoms with Gasteiger partial charge in [-0.3, -0.25) is 4.79 Å². The van der Waals surface area contributed by atoms with E-state index in [0.717, 1.165) is 25.2 Å². The van der Waals surface area contributed by atoms with Crippen molar-refractivity contribution in [1.29, 1.82) is 0 Å². The summed E-state index contributed by atoms with van der Waals surface area (Å²) in [6, 6.07) is 13.9. The fourth-order valence-electron chi connectivity index (χ4n) is 3.86. The number of hydrogen-bond donors (Lipinski definition) is 1. The van der Waals surface area contributed by atoms with Crippen molar-refractivity contribution < 1.29 is 18.8 Å². The van der Waals surface area contributed by atoms with Gasteiger partial charge in [0.25, 0.3) is 0 Å². The standard InChI is InChI=1S/C20H21FN2O.CO2/c1-13-17(11-22-20(13)24)16-9-15-7-8-23(19(15)10-18(16)21)12-14-5-3-2-4-6-14;2-1-3/h2-6,9-10,13,17H,7-8,11-12H2,1H3,(H,22,24);/t13-,17+;/m0./s1. The van der Waals surface area contributed by atoms with Crippen LogP contribution < -0.4 is 10.2 Å². The molecule has 2 aromatic rings. The SMILES string of the molecule is C[C@@H]1C(=O)NC[C@H]1c1cc2c(cc1F)N(Cc1ccccc1)CC2.O=C=O. The van der Waals surface area contributed by atoms with Gasteiger partial charge in [-0.05, 0) is 29.2 Å². The third-order valence-electron chi connectivity index (χ3n) is 5.32. The summed E-state index contributed by atoms with van der Waals surface area (Å²) in [5, 5.41) is 2.84. The third-order valence-corrected chi connectivity index (χ3v) is 5.32. The van der Waals surface area contributed by atoms with E-state index in [9.17, 15) is 9.18 Å². The second kappa shape index (κ2) is 8.14. The minimum atomic E-state index is -0.193. The number of carbonyl (C=O) groups excluding carboxylic acids is 3. The van der Waals surface area contributed by atoms with Gasteiger partial charge in [-0.2, -0.15) is 9.59 Å². The lowest BCUT2D eigenvalue weighted by atomic mass is 9.88. The summed E-state index contributed by atoms with van der Waals surface area (Å²) >= 11 is 0. The van der Waals surface area contributed by atoms with E-state index in [1.165, 1.54) is 11.1 Å². The fraction of sp³-hybridized carbons (Fsp3) is 0.333. The van der Waals surface area contributed by atoms with Crippen molar-refractivity contribution >= 4 is 17.7 Å². The van der Waals surface area contributed by atoms with Crippen molar-refractivity contribution in [2.75, 3.05) is 18.0 Å². The quantitative estimate of drug-likeness (QED) is 0.905. The molecule has 1 amide bonds. The highest BCUT2D eigenvalue weighted by molar-refractivity contribution is 5.82. The van der Waals surface area contributed by atoms with Crippen LogP contribution in [-0.2, 0) is 27.3 Å². The maximum atomic E-state index is 14.7. The van der Waals surface area contributed by atoms with E-state index in [1.54, 1.807) is 6.07 Å². The number of nitrogens with one attached hydrogen (secondary N) is 1. The lowest BCUT2D eigenvalue weighted by molar-refractivity contribution is -0.191. The Bertz CT molecular complexity index is 863. The lowest BCUT2D eigenvalue weighted by Gasteiger charge is -2.21. The average Bonchev–Trinajstić information content (AvgIpc) is 3.20. The summed E-state index contributed by atoms with van der Waals surface area (Å²) < 4.78 is 14.7. The van der Waals surface area contributed by atoms with Crippen LogP contribution in [0.25, 0.3) is 0 Å². The van der Waals surface area contributed by atoms with Crippen LogP contribution in [0.5, 0.6) is 0 Å². The number of benzene rings is 2. The van der Waals surface area contributed by atoms with Gasteiger partial charge in [-0.25, -0.2) is 4.39 Å². The molecule has 5 nitrogen and oxygen atoms in total. The largest absolute Gasteiger partial charge is 0.373 e. The second-order valence-electron chi connectivity index (χ2n) is 6.88. The summed E-state index contributed by atoms with van der Waals surface area (Å²) in [7, 11) is 0. The van der Waals surface area contributed by atoms with Crippen LogP contribution in [0.1, 0.15) is 29.5 Å². The Hall–Kier alpha value is -2.98. The molecule has 1 saturated heterocycles. The predicted molar refractivity (Wildman–Crippen MR) is 97.5 cm³/mol. The van der Waals surface area contributed by atoms with E-state index in [-0.39, 0.29) is 29.7 Å². The van der Waals surface area contributed by atoms with Crippen LogP contribution in [0.15, 0.2) is 42.5 Å². The normalized spacial score (nSPS) is 20.4. The Labute approximate surface area is 157 Å². The zero-order chi connectivity index (χ0) is 19.4. The first-order chi connectivity index (χ1) is 13.0. The zero-order valence-electron chi connectivity index (χ0n) is 15.1. The topological polar surface area (TPSA) is 66.5 Å². The maximum Gasteiger partial charge on any atom is 0.373 e. The average molecular weight is 368 g/mol. The smallest absolute Gasteiger partial charge is 0.367 e. The molecule has 0 bridgehead atoms. The molecule has 0 unspecified atom stereocenters. The molecule has 0 saturated carbocycles. The monoisotopic (exact) mass is 368 g/mol. The number of amides is 1. The number of hydrogen-bond acceptors (Lipinski definition) is 4. The van der Waals surface area contributed by atoms with E-state index >= 15 is 0 Å². The minimum Gasteiger partial charge on any atom is -0.367 e. The minimum absolute atomic E-state index is 0.0191. The molecule has 2 aromatic carbocycles. The molecular formula is C21H21FN2O3. The lowest BCUT2D eigenvalue weighted by Crippen LogP contribution is -2.19. The molecule has 27 heavy (non-hydrogen) atoms.